The molecule has 5 heteroatoms. The molecule has 0 bridgehead atoms. The molecule has 0 N–H and O–H groups in total. The van der Waals surface area contributed by atoms with Crippen LogP contribution in [0.5, 0.6) is 5.75 Å². The number of carbonyl (C=O) groups is 1. The van der Waals surface area contributed by atoms with E-state index in [1.165, 1.54) is 16.7 Å². The van der Waals surface area contributed by atoms with E-state index >= 15 is 0 Å². The van der Waals surface area contributed by atoms with Gasteiger partial charge in [0, 0.05) is 7.05 Å². The zero-order valence-corrected chi connectivity index (χ0v) is 15.1. The maximum absolute atomic E-state index is 12.0. The summed E-state index contributed by atoms with van der Waals surface area (Å²) in [6.07, 6.45) is 1.83. The number of thioether (sulfide) groups is 1. The highest BCUT2D eigenvalue weighted by atomic mass is 32.2. The highest BCUT2D eigenvalue weighted by Gasteiger charge is 2.28. The minimum atomic E-state index is -0.0528. The summed E-state index contributed by atoms with van der Waals surface area (Å²) in [6.45, 7) is 2.02. The number of amides is 1. The first-order valence-electron chi connectivity index (χ1n) is 7.58. The Labute approximate surface area is 151 Å². The molecule has 0 spiro atoms. The number of rotatable bonds is 4. The highest BCUT2D eigenvalue weighted by Crippen LogP contribution is 2.31. The molecule has 0 aromatic heterocycles. The monoisotopic (exact) mass is 355 g/mol. The van der Waals surface area contributed by atoms with Crippen LogP contribution in [0.25, 0.3) is 6.08 Å². The number of nitrogens with zero attached hydrogens (tertiary/aromatic N) is 1. The molecule has 3 nitrogen and oxygen atoms in total. The Hall–Kier alpha value is -2.11. The summed E-state index contributed by atoms with van der Waals surface area (Å²) in [6, 6.07) is 17.8. The van der Waals surface area contributed by atoms with Gasteiger partial charge in [0.05, 0.1) is 4.91 Å². The van der Waals surface area contributed by atoms with Crippen molar-refractivity contribution in [3.05, 3.63) is 70.6 Å². The normalized spacial score (nSPS) is 17.4. The minimum absolute atomic E-state index is 0.0200. The van der Waals surface area contributed by atoms with Gasteiger partial charge in [0.1, 0.15) is 16.2 Å². The molecule has 0 unspecified atom stereocenters. The standard InChI is InChI=1S/C19H17NO2S2/c1-13(15-6-4-3-5-7-15)22-16-10-8-14(9-11-16)12-17-18(21)20(2)19(23)24-17/h3-13H,1-2H3/b17-12-/t13-/m0/s1. The Kier molecular flexibility index (Phi) is 5.02. The Bertz CT molecular complexity index is 785. The molecule has 3 rings (SSSR count). The van der Waals surface area contributed by atoms with Crippen molar-refractivity contribution in [2.45, 2.75) is 13.0 Å². The lowest BCUT2D eigenvalue weighted by Gasteiger charge is -2.15. The van der Waals surface area contributed by atoms with E-state index < -0.39 is 0 Å². The van der Waals surface area contributed by atoms with Gasteiger partial charge in [0.2, 0.25) is 0 Å². The fourth-order valence-corrected chi connectivity index (χ4v) is 3.52. The second-order valence-electron chi connectivity index (χ2n) is 5.48. The van der Waals surface area contributed by atoms with Crippen LogP contribution >= 0.6 is 24.0 Å². The molecule has 0 radical (unpaired) electrons. The fraction of sp³-hybridized carbons (Fsp3) is 0.158. The van der Waals surface area contributed by atoms with Crippen molar-refractivity contribution < 1.29 is 9.53 Å². The molecule has 2 aromatic carbocycles. The molecular weight excluding hydrogens is 338 g/mol. The highest BCUT2D eigenvalue weighted by molar-refractivity contribution is 8.26. The largest absolute Gasteiger partial charge is 0.486 e. The van der Waals surface area contributed by atoms with E-state index in [0.717, 1.165) is 16.9 Å². The van der Waals surface area contributed by atoms with Crippen LogP contribution in [0.2, 0.25) is 0 Å². The molecule has 1 amide bonds. The van der Waals surface area contributed by atoms with E-state index in [0.29, 0.717) is 9.23 Å². The molecule has 0 saturated carbocycles. The number of thiocarbonyl (C=S) groups is 1. The summed E-state index contributed by atoms with van der Waals surface area (Å²) in [5.74, 6) is 0.745. The van der Waals surface area contributed by atoms with Crippen LogP contribution in [0.4, 0.5) is 0 Å². The Morgan fingerprint density at radius 3 is 2.38 bits per heavy atom. The van der Waals surface area contributed by atoms with Gasteiger partial charge in [-0.3, -0.25) is 9.69 Å². The third-order valence-electron chi connectivity index (χ3n) is 3.75. The first kappa shape index (κ1) is 16.7. The summed E-state index contributed by atoms with van der Waals surface area (Å²) in [7, 11) is 1.69. The van der Waals surface area contributed by atoms with Gasteiger partial charge in [0.25, 0.3) is 5.91 Å². The zero-order chi connectivity index (χ0) is 17.1. The van der Waals surface area contributed by atoms with Gasteiger partial charge in [0.15, 0.2) is 0 Å². The lowest BCUT2D eigenvalue weighted by Crippen LogP contribution is -2.22. The van der Waals surface area contributed by atoms with Crippen molar-refractivity contribution in [3.63, 3.8) is 0 Å². The van der Waals surface area contributed by atoms with Gasteiger partial charge in [-0.05, 0) is 36.3 Å². The van der Waals surface area contributed by atoms with Crippen molar-refractivity contribution in [2.24, 2.45) is 0 Å². The molecule has 1 aliphatic rings. The number of carbonyl (C=O) groups excluding carboxylic acids is 1. The third-order valence-corrected chi connectivity index (χ3v) is 5.23. The maximum Gasteiger partial charge on any atom is 0.265 e. The molecule has 1 heterocycles. The van der Waals surface area contributed by atoms with Gasteiger partial charge in [-0.2, -0.15) is 0 Å². The Balaban J connectivity index is 1.70. The quantitative estimate of drug-likeness (QED) is 0.589. The summed E-state index contributed by atoms with van der Waals surface area (Å²) < 4.78 is 6.54. The van der Waals surface area contributed by atoms with Gasteiger partial charge in [-0.25, -0.2) is 0 Å². The first-order chi connectivity index (χ1) is 11.5. The van der Waals surface area contributed by atoms with E-state index in [9.17, 15) is 4.79 Å². The van der Waals surface area contributed by atoms with Crippen LogP contribution in [-0.4, -0.2) is 22.2 Å². The van der Waals surface area contributed by atoms with E-state index in [2.05, 4.69) is 0 Å². The Morgan fingerprint density at radius 1 is 1.12 bits per heavy atom. The average Bonchev–Trinajstić information content (AvgIpc) is 2.84. The van der Waals surface area contributed by atoms with Crippen LogP contribution in [0, 0.1) is 0 Å². The maximum atomic E-state index is 12.0. The number of benzene rings is 2. The second kappa shape index (κ2) is 7.20. The Morgan fingerprint density at radius 2 is 1.79 bits per heavy atom. The van der Waals surface area contributed by atoms with Crippen LogP contribution in [-0.2, 0) is 4.79 Å². The van der Waals surface area contributed by atoms with Crippen molar-refractivity contribution in [1.82, 2.24) is 4.90 Å². The average molecular weight is 355 g/mol. The lowest BCUT2D eigenvalue weighted by molar-refractivity contribution is -0.121. The summed E-state index contributed by atoms with van der Waals surface area (Å²) in [5.41, 5.74) is 2.08. The van der Waals surface area contributed by atoms with Crippen LogP contribution in [0.3, 0.4) is 0 Å². The van der Waals surface area contributed by atoms with E-state index in [1.807, 2.05) is 67.6 Å². The van der Waals surface area contributed by atoms with Gasteiger partial charge < -0.3 is 4.74 Å². The molecule has 2 aromatic rings. The molecular formula is C19H17NO2S2. The summed E-state index contributed by atoms with van der Waals surface area (Å²) in [4.78, 5) is 14.2. The number of ether oxygens (including phenoxy) is 1. The fourth-order valence-electron chi connectivity index (χ4n) is 2.34. The van der Waals surface area contributed by atoms with Crippen molar-refractivity contribution >= 4 is 40.3 Å². The molecule has 1 atom stereocenters. The molecule has 0 aliphatic carbocycles. The molecule has 24 heavy (non-hydrogen) atoms. The summed E-state index contributed by atoms with van der Waals surface area (Å²) in [5, 5.41) is 0. The van der Waals surface area contributed by atoms with Crippen molar-refractivity contribution in [1.29, 1.82) is 0 Å². The minimum Gasteiger partial charge on any atom is -0.486 e. The first-order valence-corrected chi connectivity index (χ1v) is 8.80. The lowest BCUT2D eigenvalue weighted by atomic mass is 10.1. The zero-order valence-electron chi connectivity index (χ0n) is 13.4. The number of hydrogen-bond acceptors (Lipinski definition) is 4. The predicted octanol–water partition coefficient (Wildman–Crippen LogP) is 4.66. The van der Waals surface area contributed by atoms with E-state index in [1.54, 1.807) is 7.05 Å². The second-order valence-corrected chi connectivity index (χ2v) is 7.16. The smallest absolute Gasteiger partial charge is 0.265 e. The predicted molar refractivity (Wildman–Crippen MR) is 103 cm³/mol. The van der Waals surface area contributed by atoms with Crippen LogP contribution in [0.15, 0.2) is 59.5 Å². The van der Waals surface area contributed by atoms with Crippen molar-refractivity contribution in [2.75, 3.05) is 7.05 Å². The summed E-state index contributed by atoms with van der Waals surface area (Å²) >= 11 is 6.46. The molecule has 1 fully saturated rings. The van der Waals surface area contributed by atoms with E-state index in [4.69, 9.17) is 17.0 Å². The topological polar surface area (TPSA) is 29.5 Å². The third kappa shape index (κ3) is 3.68. The van der Waals surface area contributed by atoms with Crippen molar-refractivity contribution in [3.8, 4) is 5.75 Å². The van der Waals surface area contributed by atoms with E-state index in [-0.39, 0.29) is 12.0 Å². The van der Waals surface area contributed by atoms with Gasteiger partial charge in [-0.15, -0.1) is 0 Å². The molecule has 1 aliphatic heterocycles. The number of hydrogen-bond donors (Lipinski definition) is 0. The molecule has 1 saturated heterocycles. The molecule has 122 valence electrons. The van der Waals surface area contributed by atoms with Crippen LogP contribution < -0.4 is 4.74 Å². The van der Waals surface area contributed by atoms with Gasteiger partial charge >= 0.3 is 0 Å². The number of likely N-dealkylation sites (N-methyl/N-ethyl adjacent to an activating group) is 1. The van der Waals surface area contributed by atoms with Crippen LogP contribution in [0.1, 0.15) is 24.2 Å². The SMILES string of the molecule is C[C@H](Oc1ccc(/C=C2\SC(=S)N(C)C2=O)cc1)c1ccccc1. The van der Waals surface area contributed by atoms with Gasteiger partial charge in [-0.1, -0.05) is 66.4 Å².